The minimum absolute atomic E-state index is 0.204. The molecule has 1 atom stereocenters. The Morgan fingerprint density at radius 1 is 1.75 bits per heavy atom. The average molecular weight is 128 g/mol. The van der Waals surface area contributed by atoms with Gasteiger partial charge in [0.05, 0.1) is 0 Å². The summed E-state index contributed by atoms with van der Waals surface area (Å²) < 4.78 is 0. The standard InChI is InChI=1S/C6H8OS/c1-4-3-6(7)8-5(4)2/h3,5H,1-2H3. The van der Waals surface area contributed by atoms with E-state index in [0.29, 0.717) is 5.25 Å². The highest BCUT2D eigenvalue weighted by atomic mass is 32.2. The predicted octanol–water partition coefficient (Wildman–Crippen LogP) is 1.59. The number of thioether (sulfide) groups is 1. The summed E-state index contributed by atoms with van der Waals surface area (Å²) >= 11 is 1.40. The normalized spacial score (nSPS) is 28.5. The van der Waals surface area contributed by atoms with Gasteiger partial charge in [0.15, 0.2) is 0 Å². The van der Waals surface area contributed by atoms with Crippen LogP contribution >= 0.6 is 11.8 Å². The number of hydrogen-bond acceptors (Lipinski definition) is 2. The molecule has 0 saturated heterocycles. The van der Waals surface area contributed by atoms with Crippen molar-refractivity contribution < 1.29 is 4.79 Å². The second-order valence-electron chi connectivity index (χ2n) is 1.97. The molecule has 0 aliphatic carbocycles. The third kappa shape index (κ3) is 0.944. The first kappa shape index (κ1) is 5.89. The minimum atomic E-state index is 0.204. The van der Waals surface area contributed by atoms with Crippen LogP contribution in [0, 0.1) is 0 Å². The van der Waals surface area contributed by atoms with Gasteiger partial charge in [0.25, 0.3) is 0 Å². The van der Waals surface area contributed by atoms with E-state index in [1.165, 1.54) is 17.3 Å². The molecule has 0 saturated carbocycles. The van der Waals surface area contributed by atoms with E-state index in [1.54, 1.807) is 6.08 Å². The fourth-order valence-electron chi connectivity index (χ4n) is 0.604. The highest BCUT2D eigenvalue weighted by Crippen LogP contribution is 2.26. The van der Waals surface area contributed by atoms with Gasteiger partial charge in [0.2, 0.25) is 5.12 Å². The summed E-state index contributed by atoms with van der Waals surface area (Å²) in [5, 5.41) is 0.623. The molecule has 0 aromatic heterocycles. The lowest BCUT2D eigenvalue weighted by Crippen LogP contribution is -1.89. The first-order valence-electron chi connectivity index (χ1n) is 2.59. The Labute approximate surface area is 53.2 Å². The van der Waals surface area contributed by atoms with Gasteiger partial charge in [-0.1, -0.05) is 17.3 Å². The van der Waals surface area contributed by atoms with Crippen molar-refractivity contribution in [3.63, 3.8) is 0 Å². The van der Waals surface area contributed by atoms with Crippen LogP contribution in [0.3, 0.4) is 0 Å². The van der Waals surface area contributed by atoms with Crippen LogP contribution in [-0.4, -0.2) is 10.4 Å². The van der Waals surface area contributed by atoms with E-state index >= 15 is 0 Å². The summed E-state index contributed by atoms with van der Waals surface area (Å²) in [5.41, 5.74) is 1.19. The van der Waals surface area contributed by atoms with Gasteiger partial charge in [-0.15, -0.1) is 0 Å². The predicted molar refractivity (Wildman–Crippen MR) is 35.8 cm³/mol. The van der Waals surface area contributed by atoms with Crippen molar-refractivity contribution in [2.24, 2.45) is 0 Å². The Balaban J connectivity index is 2.73. The molecule has 0 spiro atoms. The van der Waals surface area contributed by atoms with Gasteiger partial charge in [-0.2, -0.15) is 0 Å². The topological polar surface area (TPSA) is 17.1 Å². The molecule has 44 valence electrons. The molecule has 0 bridgehead atoms. The lowest BCUT2D eigenvalue weighted by molar-refractivity contribution is -0.106. The quantitative estimate of drug-likeness (QED) is 0.493. The average Bonchev–Trinajstić information content (AvgIpc) is 1.85. The molecule has 0 N–H and O–H groups in total. The van der Waals surface area contributed by atoms with Gasteiger partial charge in [0, 0.05) is 5.25 Å². The summed E-state index contributed by atoms with van der Waals surface area (Å²) in [7, 11) is 0. The highest BCUT2D eigenvalue weighted by molar-refractivity contribution is 8.15. The Bertz CT molecular complexity index is 149. The fourth-order valence-corrected chi connectivity index (χ4v) is 1.46. The minimum Gasteiger partial charge on any atom is -0.282 e. The van der Waals surface area contributed by atoms with Gasteiger partial charge in [0.1, 0.15) is 0 Å². The number of carbonyl (C=O) groups is 1. The van der Waals surface area contributed by atoms with Gasteiger partial charge < -0.3 is 0 Å². The monoisotopic (exact) mass is 128 g/mol. The molecule has 1 rings (SSSR count). The van der Waals surface area contributed by atoms with Gasteiger partial charge in [-0.05, 0) is 19.9 Å². The van der Waals surface area contributed by atoms with Gasteiger partial charge >= 0.3 is 0 Å². The largest absolute Gasteiger partial charge is 0.282 e. The van der Waals surface area contributed by atoms with E-state index in [-0.39, 0.29) is 5.12 Å². The summed E-state index contributed by atoms with van der Waals surface area (Å²) in [4.78, 5) is 10.6. The first-order valence-corrected chi connectivity index (χ1v) is 3.47. The maximum Gasteiger partial charge on any atom is 0.212 e. The van der Waals surface area contributed by atoms with Crippen LogP contribution in [0.1, 0.15) is 13.8 Å². The van der Waals surface area contributed by atoms with E-state index in [0.717, 1.165) is 0 Å². The molecule has 0 radical (unpaired) electrons. The molecule has 1 aliphatic rings. The molecule has 2 heteroatoms. The zero-order valence-electron chi connectivity index (χ0n) is 4.97. The SMILES string of the molecule is CC1=CC(=O)SC1C. The summed E-state index contributed by atoms with van der Waals surface area (Å²) in [6.45, 7) is 4.03. The molecule has 1 heterocycles. The molecular formula is C6H8OS. The highest BCUT2D eigenvalue weighted by Gasteiger charge is 2.16. The number of hydrogen-bond donors (Lipinski definition) is 0. The van der Waals surface area contributed by atoms with E-state index in [2.05, 4.69) is 0 Å². The van der Waals surface area contributed by atoms with Crippen molar-refractivity contribution in [3.05, 3.63) is 11.6 Å². The number of carbonyl (C=O) groups excluding carboxylic acids is 1. The van der Waals surface area contributed by atoms with Crippen LogP contribution in [0.25, 0.3) is 0 Å². The maximum atomic E-state index is 10.6. The third-order valence-electron chi connectivity index (χ3n) is 1.28. The molecular weight excluding hydrogens is 120 g/mol. The molecule has 1 aliphatic heterocycles. The lowest BCUT2D eigenvalue weighted by atomic mass is 10.2. The third-order valence-corrected chi connectivity index (χ3v) is 2.36. The smallest absolute Gasteiger partial charge is 0.212 e. The van der Waals surface area contributed by atoms with Crippen molar-refractivity contribution in [1.29, 1.82) is 0 Å². The number of rotatable bonds is 0. The van der Waals surface area contributed by atoms with E-state index in [9.17, 15) is 4.79 Å². The Morgan fingerprint density at radius 3 is 2.50 bits per heavy atom. The van der Waals surface area contributed by atoms with Crippen LogP contribution in [0.2, 0.25) is 0 Å². The molecule has 0 fully saturated rings. The zero-order valence-corrected chi connectivity index (χ0v) is 5.79. The summed E-state index contributed by atoms with van der Waals surface area (Å²) in [6.07, 6.45) is 1.70. The van der Waals surface area contributed by atoms with Crippen molar-refractivity contribution in [1.82, 2.24) is 0 Å². The molecule has 0 amide bonds. The fraction of sp³-hybridized carbons (Fsp3) is 0.500. The Hall–Kier alpha value is -0.240. The van der Waals surface area contributed by atoms with Crippen molar-refractivity contribution in [3.8, 4) is 0 Å². The molecule has 0 aromatic rings. The first-order chi connectivity index (χ1) is 3.70. The molecule has 0 aromatic carbocycles. The van der Waals surface area contributed by atoms with Gasteiger partial charge in [-0.3, -0.25) is 4.79 Å². The van der Waals surface area contributed by atoms with Gasteiger partial charge in [-0.25, -0.2) is 0 Å². The molecule has 1 unspecified atom stereocenters. The maximum absolute atomic E-state index is 10.6. The summed E-state index contributed by atoms with van der Waals surface area (Å²) in [5.74, 6) is 0. The van der Waals surface area contributed by atoms with E-state index in [1.807, 2.05) is 13.8 Å². The molecule has 1 nitrogen and oxygen atoms in total. The summed E-state index contributed by atoms with van der Waals surface area (Å²) in [6, 6.07) is 0. The van der Waals surface area contributed by atoms with Crippen molar-refractivity contribution >= 4 is 16.9 Å². The lowest BCUT2D eigenvalue weighted by Gasteiger charge is -1.96. The Kier molecular flexibility index (Phi) is 1.43. The van der Waals surface area contributed by atoms with E-state index < -0.39 is 0 Å². The second-order valence-corrected chi connectivity index (χ2v) is 3.31. The van der Waals surface area contributed by atoms with Crippen LogP contribution in [0.5, 0.6) is 0 Å². The van der Waals surface area contributed by atoms with E-state index in [4.69, 9.17) is 0 Å². The van der Waals surface area contributed by atoms with Crippen LogP contribution in [0.4, 0.5) is 0 Å². The van der Waals surface area contributed by atoms with Crippen molar-refractivity contribution in [2.45, 2.75) is 19.1 Å². The zero-order chi connectivity index (χ0) is 6.15. The van der Waals surface area contributed by atoms with Crippen LogP contribution in [0.15, 0.2) is 11.6 Å². The second kappa shape index (κ2) is 1.94. The molecule has 8 heavy (non-hydrogen) atoms. The van der Waals surface area contributed by atoms with Crippen LogP contribution in [-0.2, 0) is 4.79 Å². The Morgan fingerprint density at radius 2 is 2.38 bits per heavy atom. The van der Waals surface area contributed by atoms with Crippen molar-refractivity contribution in [2.75, 3.05) is 0 Å². The van der Waals surface area contributed by atoms with Crippen LogP contribution < -0.4 is 0 Å².